The van der Waals surface area contributed by atoms with Crippen molar-refractivity contribution in [3.8, 4) is 0 Å². The molecule has 0 aliphatic heterocycles. The van der Waals surface area contributed by atoms with Crippen LogP contribution < -0.4 is 5.32 Å². The maximum absolute atomic E-state index is 5.27. The summed E-state index contributed by atoms with van der Waals surface area (Å²) in [6, 6.07) is 0. The summed E-state index contributed by atoms with van der Waals surface area (Å²) in [5, 5.41) is 11.0. The molecule has 0 aliphatic carbocycles. The van der Waals surface area contributed by atoms with Gasteiger partial charge in [-0.3, -0.25) is 0 Å². The number of ether oxygens (including phenoxy) is 1. The molecule has 1 aromatic rings. The molecule has 0 amide bonds. The highest BCUT2D eigenvalue weighted by Gasteiger charge is 2.16. The van der Waals surface area contributed by atoms with Crippen molar-refractivity contribution in [2.24, 2.45) is 0 Å². The van der Waals surface area contributed by atoms with E-state index in [9.17, 15) is 0 Å². The second-order valence-electron chi connectivity index (χ2n) is 4.12. The lowest BCUT2D eigenvalue weighted by Gasteiger charge is -2.22. The van der Waals surface area contributed by atoms with Crippen LogP contribution in [-0.4, -0.2) is 34.4 Å². The van der Waals surface area contributed by atoms with Gasteiger partial charge in [0.05, 0.1) is 17.0 Å². The summed E-state index contributed by atoms with van der Waals surface area (Å²) >= 11 is 0. The van der Waals surface area contributed by atoms with Crippen LogP contribution >= 0.6 is 0 Å². The summed E-state index contributed by atoms with van der Waals surface area (Å²) in [6.45, 7) is 8.44. The van der Waals surface area contributed by atoms with Crippen molar-refractivity contribution in [3.05, 3.63) is 11.4 Å². The zero-order valence-corrected chi connectivity index (χ0v) is 9.96. The number of nitrogens with zero attached hydrogens (tertiary/aromatic N) is 3. The smallest absolute Gasteiger partial charge is 0.243 e. The summed E-state index contributed by atoms with van der Waals surface area (Å²) in [4.78, 5) is 4.27. The van der Waals surface area contributed by atoms with E-state index in [0.29, 0.717) is 12.5 Å². The number of nitrogens with one attached hydrogen (secondary N) is 1. The molecule has 0 aromatic carbocycles. The van der Waals surface area contributed by atoms with E-state index in [0.717, 1.165) is 11.4 Å². The number of hydrogen-bond acceptors (Lipinski definition) is 5. The zero-order chi connectivity index (χ0) is 11.5. The van der Waals surface area contributed by atoms with Crippen LogP contribution in [0.15, 0.2) is 0 Å². The topological polar surface area (TPSA) is 59.9 Å². The Balaban J connectivity index is 2.62. The Labute approximate surface area is 90.3 Å². The molecule has 1 rings (SSSR count). The van der Waals surface area contributed by atoms with Gasteiger partial charge in [-0.05, 0) is 27.7 Å². The molecule has 0 atom stereocenters. The van der Waals surface area contributed by atoms with Gasteiger partial charge in [0.25, 0.3) is 0 Å². The molecule has 15 heavy (non-hydrogen) atoms. The van der Waals surface area contributed by atoms with Crippen LogP contribution in [0.1, 0.15) is 25.2 Å². The van der Waals surface area contributed by atoms with Gasteiger partial charge in [-0.15, -0.1) is 5.10 Å². The Morgan fingerprint density at radius 1 is 1.20 bits per heavy atom. The molecule has 1 N–H and O–H groups in total. The van der Waals surface area contributed by atoms with E-state index in [1.807, 2.05) is 27.7 Å². The minimum Gasteiger partial charge on any atom is -0.377 e. The van der Waals surface area contributed by atoms with Gasteiger partial charge in [-0.1, -0.05) is 0 Å². The van der Waals surface area contributed by atoms with E-state index in [1.54, 1.807) is 7.11 Å². The molecule has 0 saturated heterocycles. The first-order valence-corrected chi connectivity index (χ1v) is 4.91. The van der Waals surface area contributed by atoms with Crippen molar-refractivity contribution < 1.29 is 4.74 Å². The molecule has 0 aliphatic rings. The van der Waals surface area contributed by atoms with Crippen LogP contribution in [0.3, 0.4) is 0 Å². The van der Waals surface area contributed by atoms with Gasteiger partial charge < -0.3 is 10.1 Å². The lowest BCUT2D eigenvalue weighted by molar-refractivity contribution is 0.0342. The van der Waals surface area contributed by atoms with Crippen molar-refractivity contribution in [2.45, 2.75) is 33.3 Å². The van der Waals surface area contributed by atoms with Crippen LogP contribution in [0.4, 0.5) is 5.95 Å². The average Bonchev–Trinajstić information content (AvgIpc) is 2.20. The molecular formula is C10H18N4O. The fraction of sp³-hybridized carbons (Fsp3) is 0.700. The van der Waals surface area contributed by atoms with Gasteiger partial charge in [0.15, 0.2) is 0 Å². The molecule has 1 aromatic heterocycles. The van der Waals surface area contributed by atoms with Crippen LogP contribution in [0, 0.1) is 13.8 Å². The number of hydrogen-bond donors (Lipinski definition) is 1. The maximum atomic E-state index is 5.27. The average molecular weight is 210 g/mol. The predicted molar refractivity (Wildman–Crippen MR) is 58.9 cm³/mol. The van der Waals surface area contributed by atoms with Crippen LogP contribution in [-0.2, 0) is 4.74 Å². The monoisotopic (exact) mass is 210 g/mol. The fourth-order valence-electron chi connectivity index (χ4n) is 0.896. The highest BCUT2D eigenvalue weighted by atomic mass is 16.5. The SMILES string of the molecule is COC(C)(C)CNc1nnc(C)c(C)n1. The number of aromatic nitrogens is 3. The van der Waals surface area contributed by atoms with E-state index < -0.39 is 0 Å². The third kappa shape index (κ3) is 3.43. The van der Waals surface area contributed by atoms with Crippen molar-refractivity contribution in [2.75, 3.05) is 19.0 Å². The van der Waals surface area contributed by atoms with Crippen molar-refractivity contribution in [3.63, 3.8) is 0 Å². The second kappa shape index (κ2) is 4.53. The summed E-state index contributed by atoms with van der Waals surface area (Å²) in [6.07, 6.45) is 0. The maximum Gasteiger partial charge on any atom is 0.243 e. The Kier molecular flexibility index (Phi) is 3.57. The van der Waals surface area contributed by atoms with Crippen LogP contribution in [0.5, 0.6) is 0 Å². The van der Waals surface area contributed by atoms with Gasteiger partial charge in [-0.25, -0.2) is 4.98 Å². The first-order chi connectivity index (χ1) is 6.94. The molecule has 0 fully saturated rings. The van der Waals surface area contributed by atoms with Gasteiger partial charge in [0.1, 0.15) is 0 Å². The number of rotatable bonds is 4. The standard InChI is InChI=1S/C10H18N4O/c1-7-8(2)13-14-9(12-7)11-6-10(3,4)15-5/h6H2,1-5H3,(H,11,12,14). The van der Waals surface area contributed by atoms with Gasteiger partial charge >= 0.3 is 0 Å². The van der Waals surface area contributed by atoms with Crippen molar-refractivity contribution in [1.82, 2.24) is 15.2 Å². The quantitative estimate of drug-likeness (QED) is 0.812. The largest absolute Gasteiger partial charge is 0.377 e. The lowest BCUT2D eigenvalue weighted by atomic mass is 10.1. The molecule has 0 bridgehead atoms. The van der Waals surface area contributed by atoms with E-state index >= 15 is 0 Å². The molecule has 5 heteroatoms. The highest BCUT2D eigenvalue weighted by molar-refractivity contribution is 5.25. The molecular weight excluding hydrogens is 192 g/mol. The lowest BCUT2D eigenvalue weighted by Crippen LogP contribution is -2.32. The number of aryl methyl sites for hydroxylation is 2. The number of anilines is 1. The van der Waals surface area contributed by atoms with Crippen molar-refractivity contribution >= 4 is 5.95 Å². The Hall–Kier alpha value is -1.23. The van der Waals surface area contributed by atoms with Crippen LogP contribution in [0.2, 0.25) is 0 Å². The summed E-state index contributed by atoms with van der Waals surface area (Å²) in [5.74, 6) is 0.545. The molecule has 5 nitrogen and oxygen atoms in total. The van der Waals surface area contributed by atoms with E-state index in [1.165, 1.54) is 0 Å². The van der Waals surface area contributed by atoms with Crippen LogP contribution in [0.25, 0.3) is 0 Å². The minimum absolute atomic E-state index is 0.234. The summed E-state index contributed by atoms with van der Waals surface area (Å²) < 4.78 is 5.27. The van der Waals surface area contributed by atoms with E-state index in [-0.39, 0.29) is 5.60 Å². The van der Waals surface area contributed by atoms with Gasteiger partial charge in [0.2, 0.25) is 5.95 Å². The fourth-order valence-corrected chi connectivity index (χ4v) is 0.896. The molecule has 0 saturated carbocycles. The summed E-state index contributed by atoms with van der Waals surface area (Å²) in [7, 11) is 1.68. The van der Waals surface area contributed by atoms with Gasteiger partial charge in [-0.2, -0.15) is 5.10 Å². The molecule has 0 unspecified atom stereocenters. The highest BCUT2D eigenvalue weighted by Crippen LogP contribution is 2.08. The minimum atomic E-state index is -0.234. The van der Waals surface area contributed by atoms with Crippen molar-refractivity contribution in [1.29, 1.82) is 0 Å². The van der Waals surface area contributed by atoms with E-state index in [4.69, 9.17) is 4.74 Å². The molecule has 0 spiro atoms. The predicted octanol–water partition coefficient (Wildman–Crippen LogP) is 1.33. The molecule has 1 heterocycles. The third-order valence-corrected chi connectivity index (χ3v) is 2.32. The second-order valence-corrected chi connectivity index (χ2v) is 4.12. The first kappa shape index (κ1) is 11.8. The Morgan fingerprint density at radius 2 is 1.87 bits per heavy atom. The van der Waals surface area contributed by atoms with E-state index in [2.05, 4.69) is 20.5 Å². The zero-order valence-electron chi connectivity index (χ0n) is 9.96. The first-order valence-electron chi connectivity index (χ1n) is 4.91. The normalized spacial score (nSPS) is 11.5. The number of methoxy groups -OCH3 is 1. The Morgan fingerprint density at radius 3 is 2.40 bits per heavy atom. The molecule has 0 radical (unpaired) electrons. The Bertz CT molecular complexity index is 338. The molecule has 84 valence electrons. The van der Waals surface area contributed by atoms with Gasteiger partial charge in [0, 0.05) is 13.7 Å². The third-order valence-electron chi connectivity index (χ3n) is 2.32. The summed E-state index contributed by atoms with van der Waals surface area (Å²) in [5.41, 5.74) is 1.51.